The summed E-state index contributed by atoms with van der Waals surface area (Å²) in [7, 11) is 1.86. The molecule has 118 valence electrons. The van der Waals surface area contributed by atoms with Crippen LogP contribution in [0.4, 0.5) is 0 Å². The molecule has 0 fully saturated rings. The van der Waals surface area contributed by atoms with Gasteiger partial charge in [0, 0.05) is 7.05 Å². The Bertz CT molecular complexity index is 554. The molecule has 0 aliphatic carbocycles. The maximum absolute atomic E-state index is 3.92. The van der Waals surface area contributed by atoms with Crippen LogP contribution in [0, 0.1) is 0 Å². The Hall–Kier alpha value is -2.28. The molecule has 0 radical (unpaired) electrons. The highest BCUT2D eigenvalue weighted by molar-refractivity contribution is 5.68. The van der Waals surface area contributed by atoms with Crippen molar-refractivity contribution >= 4 is 11.1 Å². The van der Waals surface area contributed by atoms with E-state index in [2.05, 4.69) is 61.8 Å². The molecule has 0 aliphatic heterocycles. The van der Waals surface area contributed by atoms with Crippen molar-refractivity contribution in [1.82, 2.24) is 5.32 Å². The van der Waals surface area contributed by atoms with E-state index in [0.717, 1.165) is 11.1 Å². The van der Waals surface area contributed by atoms with Gasteiger partial charge in [-0.25, -0.2) is 0 Å². The first-order valence-corrected chi connectivity index (χ1v) is 7.47. The molecule has 1 rings (SSSR count). The lowest BCUT2D eigenvalue weighted by atomic mass is 10.0. The summed E-state index contributed by atoms with van der Waals surface area (Å²) in [5, 5.41) is 2.86. The van der Waals surface area contributed by atoms with Crippen LogP contribution in [0.1, 0.15) is 38.8 Å². The Kier molecular flexibility index (Phi) is 10.2. The van der Waals surface area contributed by atoms with Crippen LogP contribution in [0.3, 0.4) is 0 Å². The molecule has 0 saturated carbocycles. The van der Waals surface area contributed by atoms with Crippen molar-refractivity contribution in [3.63, 3.8) is 0 Å². The van der Waals surface area contributed by atoms with Crippen molar-refractivity contribution in [2.75, 3.05) is 7.05 Å². The molecule has 0 spiro atoms. The summed E-state index contributed by atoms with van der Waals surface area (Å²) in [6.07, 6.45) is 9.98. The van der Waals surface area contributed by atoms with Gasteiger partial charge >= 0.3 is 0 Å². The smallest absolute Gasteiger partial charge is 0.00277 e. The third kappa shape index (κ3) is 8.80. The Balaban J connectivity index is 0.000000534. The van der Waals surface area contributed by atoms with Crippen LogP contribution in [-0.2, 0) is 0 Å². The average Bonchev–Trinajstić information content (AvgIpc) is 2.51. The topological polar surface area (TPSA) is 12.0 Å². The summed E-state index contributed by atoms with van der Waals surface area (Å²) in [6, 6.07) is 8.51. The molecule has 0 bridgehead atoms. The van der Waals surface area contributed by atoms with Crippen LogP contribution in [0.15, 0.2) is 73.5 Å². The van der Waals surface area contributed by atoms with Crippen LogP contribution in [0.25, 0.3) is 11.1 Å². The van der Waals surface area contributed by atoms with E-state index in [-0.39, 0.29) is 0 Å². The van der Waals surface area contributed by atoms with Gasteiger partial charge in [-0.05, 0) is 56.7 Å². The fourth-order valence-corrected chi connectivity index (χ4v) is 1.58. The average molecular weight is 295 g/mol. The molecule has 22 heavy (non-hydrogen) atoms. The largest absolute Gasteiger partial charge is 0.394 e. The lowest BCUT2D eigenvalue weighted by molar-refractivity contribution is 1.10. The van der Waals surface area contributed by atoms with E-state index in [0.29, 0.717) is 0 Å². The first kappa shape index (κ1) is 19.7. The van der Waals surface area contributed by atoms with Crippen LogP contribution < -0.4 is 5.32 Å². The van der Waals surface area contributed by atoms with E-state index in [1.807, 2.05) is 46.2 Å². The van der Waals surface area contributed by atoms with Gasteiger partial charge in [-0.1, -0.05) is 66.8 Å². The van der Waals surface area contributed by atoms with Gasteiger partial charge < -0.3 is 5.32 Å². The Morgan fingerprint density at radius 1 is 1.00 bits per heavy atom. The second-order valence-corrected chi connectivity index (χ2v) is 5.20. The molecule has 1 aromatic rings. The van der Waals surface area contributed by atoms with Gasteiger partial charge in [0.15, 0.2) is 0 Å². The predicted molar refractivity (Wildman–Crippen MR) is 103 cm³/mol. The molecule has 1 aromatic carbocycles. The Morgan fingerprint density at radius 2 is 1.55 bits per heavy atom. The van der Waals surface area contributed by atoms with E-state index in [9.17, 15) is 0 Å². The summed E-state index contributed by atoms with van der Waals surface area (Å²) in [5.74, 6) is 0. The summed E-state index contributed by atoms with van der Waals surface area (Å²) >= 11 is 0. The van der Waals surface area contributed by atoms with Crippen molar-refractivity contribution in [1.29, 1.82) is 0 Å². The van der Waals surface area contributed by atoms with Crippen molar-refractivity contribution < 1.29 is 0 Å². The van der Waals surface area contributed by atoms with E-state index < -0.39 is 0 Å². The SMILES string of the molecule is C=C(C)/C=C\NC.C=C(C)c1ccc(/C(C)=C/C=C\C)cc1. The first-order valence-electron chi connectivity index (χ1n) is 7.47. The highest BCUT2D eigenvalue weighted by Gasteiger charge is 1.96. The number of allylic oxidation sites excluding steroid dienone is 7. The fourth-order valence-electron chi connectivity index (χ4n) is 1.58. The zero-order valence-corrected chi connectivity index (χ0v) is 14.6. The van der Waals surface area contributed by atoms with Gasteiger partial charge in [0.2, 0.25) is 0 Å². The summed E-state index contributed by atoms with van der Waals surface area (Å²) in [6.45, 7) is 15.7. The van der Waals surface area contributed by atoms with Crippen LogP contribution in [-0.4, -0.2) is 7.05 Å². The van der Waals surface area contributed by atoms with E-state index in [1.165, 1.54) is 16.7 Å². The molecule has 1 nitrogen and oxygen atoms in total. The quantitative estimate of drug-likeness (QED) is 0.657. The van der Waals surface area contributed by atoms with Crippen LogP contribution in [0.2, 0.25) is 0 Å². The van der Waals surface area contributed by atoms with Gasteiger partial charge in [0.1, 0.15) is 0 Å². The van der Waals surface area contributed by atoms with E-state index in [4.69, 9.17) is 0 Å². The summed E-state index contributed by atoms with van der Waals surface area (Å²) < 4.78 is 0. The van der Waals surface area contributed by atoms with Gasteiger partial charge in [0.05, 0.1) is 0 Å². The second-order valence-electron chi connectivity index (χ2n) is 5.20. The monoisotopic (exact) mass is 295 g/mol. The molecule has 0 atom stereocenters. The summed E-state index contributed by atoms with van der Waals surface area (Å²) in [5.41, 5.74) is 5.92. The standard InChI is InChI=1S/C15H18.C6H11N/c1-5-6-7-13(4)15-10-8-14(9-11-15)12(2)3;1-6(2)4-5-7-3/h5-11H,2H2,1,3-4H3;4-5,7H,1H2,2-3H3/b6-5-,13-7+;5-4-. The maximum atomic E-state index is 3.92. The number of nitrogens with one attached hydrogen (secondary N) is 1. The summed E-state index contributed by atoms with van der Waals surface area (Å²) in [4.78, 5) is 0. The van der Waals surface area contributed by atoms with Crippen LogP contribution in [0.5, 0.6) is 0 Å². The first-order chi connectivity index (χ1) is 10.4. The van der Waals surface area contributed by atoms with E-state index >= 15 is 0 Å². The Labute approximate surface area is 136 Å². The molecule has 0 amide bonds. The number of hydrogen-bond donors (Lipinski definition) is 1. The lowest BCUT2D eigenvalue weighted by Gasteiger charge is -2.03. The Morgan fingerprint density at radius 3 is 1.91 bits per heavy atom. The molecule has 0 aliphatic rings. The minimum atomic E-state index is 1.06. The molecule has 1 heteroatoms. The zero-order chi connectivity index (χ0) is 17.0. The molecule has 1 N–H and O–H groups in total. The highest BCUT2D eigenvalue weighted by Crippen LogP contribution is 2.17. The maximum Gasteiger partial charge on any atom is 0.00277 e. The fraction of sp³-hybridized carbons (Fsp3) is 0.238. The molecule has 0 unspecified atom stereocenters. The van der Waals surface area contributed by atoms with E-state index in [1.54, 1.807) is 0 Å². The van der Waals surface area contributed by atoms with Crippen molar-refractivity contribution in [3.8, 4) is 0 Å². The van der Waals surface area contributed by atoms with Crippen molar-refractivity contribution in [2.24, 2.45) is 0 Å². The predicted octanol–water partition coefficient (Wildman–Crippen LogP) is 5.99. The number of rotatable bonds is 5. The molecule has 0 saturated heterocycles. The third-order valence-corrected chi connectivity index (χ3v) is 2.91. The van der Waals surface area contributed by atoms with Crippen molar-refractivity contribution in [3.05, 3.63) is 84.6 Å². The molecule has 0 aromatic heterocycles. The van der Waals surface area contributed by atoms with Crippen molar-refractivity contribution in [2.45, 2.75) is 27.7 Å². The minimum absolute atomic E-state index is 1.06. The minimum Gasteiger partial charge on any atom is -0.394 e. The third-order valence-electron chi connectivity index (χ3n) is 2.91. The lowest BCUT2D eigenvalue weighted by Crippen LogP contribution is -1.90. The number of hydrogen-bond acceptors (Lipinski definition) is 1. The molecular weight excluding hydrogens is 266 g/mol. The number of benzene rings is 1. The normalized spacial score (nSPS) is 11.2. The van der Waals surface area contributed by atoms with Gasteiger partial charge in [0.25, 0.3) is 0 Å². The molecular formula is C21H29N. The molecule has 0 heterocycles. The zero-order valence-electron chi connectivity index (χ0n) is 14.6. The second kappa shape index (κ2) is 11.4. The van der Waals surface area contributed by atoms with Gasteiger partial charge in [-0.2, -0.15) is 0 Å². The van der Waals surface area contributed by atoms with Crippen LogP contribution >= 0.6 is 0 Å². The van der Waals surface area contributed by atoms with Gasteiger partial charge in [-0.15, -0.1) is 0 Å². The van der Waals surface area contributed by atoms with Gasteiger partial charge in [-0.3, -0.25) is 0 Å². The highest BCUT2D eigenvalue weighted by atomic mass is 14.8.